The molecule has 17 heavy (non-hydrogen) atoms. The van der Waals surface area contributed by atoms with E-state index in [1.54, 1.807) is 19.2 Å². The van der Waals surface area contributed by atoms with Crippen molar-refractivity contribution in [2.75, 3.05) is 7.05 Å². The molecule has 1 unspecified atom stereocenters. The molecule has 96 valence electrons. The van der Waals surface area contributed by atoms with Crippen LogP contribution in [0.15, 0.2) is 18.2 Å². The molecule has 0 radical (unpaired) electrons. The molecule has 0 saturated heterocycles. The van der Waals surface area contributed by atoms with Gasteiger partial charge in [-0.25, -0.2) is 8.78 Å². The Morgan fingerprint density at radius 3 is 2.35 bits per heavy atom. The molecule has 0 amide bonds. The van der Waals surface area contributed by atoms with Gasteiger partial charge < -0.3 is 5.32 Å². The van der Waals surface area contributed by atoms with Crippen LogP contribution in [-0.4, -0.2) is 7.05 Å². The van der Waals surface area contributed by atoms with Gasteiger partial charge in [0.05, 0.1) is 0 Å². The molecule has 1 nitrogen and oxygen atoms in total. The lowest BCUT2D eigenvalue weighted by molar-refractivity contribution is 0.373. The van der Waals surface area contributed by atoms with E-state index in [0.717, 1.165) is 25.3 Å². The van der Waals surface area contributed by atoms with Crippen LogP contribution in [0.3, 0.4) is 0 Å². The van der Waals surface area contributed by atoms with Gasteiger partial charge in [0.2, 0.25) is 0 Å². The van der Waals surface area contributed by atoms with Crippen LogP contribution >= 0.6 is 0 Å². The molecule has 1 rings (SSSR count). The summed E-state index contributed by atoms with van der Waals surface area (Å²) < 4.78 is 26.9. The molecule has 0 spiro atoms. The lowest BCUT2D eigenvalue weighted by atomic mass is 9.91. The average Bonchev–Trinajstić information content (AvgIpc) is 2.35. The minimum Gasteiger partial charge on any atom is -0.313 e. The third-order valence-corrected chi connectivity index (χ3v) is 3.43. The topological polar surface area (TPSA) is 12.0 Å². The van der Waals surface area contributed by atoms with Crippen molar-refractivity contribution in [3.8, 4) is 0 Å². The van der Waals surface area contributed by atoms with Crippen LogP contribution in [0.4, 0.5) is 8.78 Å². The maximum atomic E-state index is 13.7. The van der Waals surface area contributed by atoms with E-state index in [1.807, 2.05) is 0 Å². The molecule has 1 aromatic carbocycles. The Kier molecular flexibility index (Phi) is 5.56. The third kappa shape index (κ3) is 3.50. The second kappa shape index (κ2) is 6.70. The predicted molar refractivity (Wildman–Crippen MR) is 66.8 cm³/mol. The summed E-state index contributed by atoms with van der Waals surface area (Å²) in [5, 5.41) is 3.08. The molecule has 0 aromatic heterocycles. The van der Waals surface area contributed by atoms with Gasteiger partial charge in [0, 0.05) is 11.6 Å². The van der Waals surface area contributed by atoms with Crippen LogP contribution in [0.1, 0.15) is 44.7 Å². The number of halogens is 2. The third-order valence-electron chi connectivity index (χ3n) is 3.43. The van der Waals surface area contributed by atoms with E-state index in [4.69, 9.17) is 0 Å². The van der Waals surface area contributed by atoms with Crippen LogP contribution in [0, 0.1) is 17.6 Å². The molecular weight excluding hydrogens is 220 g/mol. The van der Waals surface area contributed by atoms with Gasteiger partial charge in [-0.1, -0.05) is 38.8 Å². The van der Waals surface area contributed by atoms with Gasteiger partial charge in [-0.05, 0) is 25.5 Å². The van der Waals surface area contributed by atoms with Gasteiger partial charge in [-0.2, -0.15) is 0 Å². The summed E-state index contributed by atoms with van der Waals surface area (Å²) in [5.74, 6) is -0.958. The highest BCUT2D eigenvalue weighted by Gasteiger charge is 2.19. The van der Waals surface area contributed by atoms with Crippen molar-refractivity contribution in [3.05, 3.63) is 35.4 Å². The summed E-state index contributed by atoms with van der Waals surface area (Å²) in [6, 6.07) is 4.26. The highest BCUT2D eigenvalue weighted by atomic mass is 19.2. The highest BCUT2D eigenvalue weighted by molar-refractivity contribution is 5.22. The van der Waals surface area contributed by atoms with Crippen molar-refractivity contribution < 1.29 is 8.78 Å². The second-order valence-corrected chi connectivity index (χ2v) is 4.40. The maximum absolute atomic E-state index is 13.7. The van der Waals surface area contributed by atoms with E-state index in [0.29, 0.717) is 11.5 Å². The van der Waals surface area contributed by atoms with Crippen LogP contribution in [0.5, 0.6) is 0 Å². The molecule has 0 saturated carbocycles. The fourth-order valence-corrected chi connectivity index (χ4v) is 2.15. The zero-order chi connectivity index (χ0) is 12.8. The Labute approximate surface area is 102 Å². The minimum absolute atomic E-state index is 0.115. The van der Waals surface area contributed by atoms with Crippen molar-refractivity contribution >= 4 is 0 Å². The zero-order valence-corrected chi connectivity index (χ0v) is 10.8. The molecule has 0 heterocycles. The van der Waals surface area contributed by atoms with Crippen LogP contribution in [0.2, 0.25) is 0 Å². The first kappa shape index (κ1) is 14.1. The first-order valence-corrected chi connectivity index (χ1v) is 6.25. The molecule has 1 atom stereocenters. The van der Waals surface area contributed by atoms with E-state index in [-0.39, 0.29) is 6.04 Å². The lowest BCUT2D eigenvalue weighted by Crippen LogP contribution is -2.21. The molecule has 1 N–H and O–H groups in total. The molecule has 0 aliphatic carbocycles. The molecule has 0 fully saturated rings. The number of nitrogens with one attached hydrogen (secondary N) is 1. The normalized spacial score (nSPS) is 13.1. The van der Waals surface area contributed by atoms with E-state index < -0.39 is 11.6 Å². The van der Waals surface area contributed by atoms with Gasteiger partial charge in [-0.3, -0.25) is 0 Å². The van der Waals surface area contributed by atoms with Gasteiger partial charge in [0.25, 0.3) is 0 Å². The number of rotatable bonds is 6. The quantitative estimate of drug-likeness (QED) is 0.792. The predicted octanol–water partition coefficient (Wildman–Crippen LogP) is 4.05. The molecule has 0 aliphatic rings. The van der Waals surface area contributed by atoms with Crippen LogP contribution in [0.25, 0.3) is 0 Å². The van der Waals surface area contributed by atoms with Crippen molar-refractivity contribution in [1.29, 1.82) is 0 Å². The van der Waals surface area contributed by atoms with Crippen LogP contribution < -0.4 is 5.32 Å². The maximum Gasteiger partial charge on any atom is 0.163 e. The molecule has 0 bridgehead atoms. The summed E-state index contributed by atoms with van der Waals surface area (Å²) in [6.07, 6.45) is 2.96. The fourth-order valence-electron chi connectivity index (χ4n) is 2.15. The summed E-state index contributed by atoms with van der Waals surface area (Å²) >= 11 is 0. The van der Waals surface area contributed by atoms with Crippen molar-refractivity contribution in [2.45, 2.75) is 39.2 Å². The molecule has 3 heteroatoms. The first-order valence-electron chi connectivity index (χ1n) is 6.25. The van der Waals surface area contributed by atoms with Gasteiger partial charge in [0.1, 0.15) is 0 Å². The van der Waals surface area contributed by atoms with Crippen molar-refractivity contribution in [3.63, 3.8) is 0 Å². The summed E-state index contributed by atoms with van der Waals surface area (Å²) in [7, 11) is 1.79. The summed E-state index contributed by atoms with van der Waals surface area (Å²) in [6.45, 7) is 4.26. The Morgan fingerprint density at radius 2 is 1.82 bits per heavy atom. The number of hydrogen-bond acceptors (Lipinski definition) is 1. The second-order valence-electron chi connectivity index (χ2n) is 4.40. The Hall–Kier alpha value is -0.960. The summed E-state index contributed by atoms with van der Waals surface area (Å²) in [5.41, 5.74) is 0.430. The Bertz CT molecular complexity index is 348. The first-order chi connectivity index (χ1) is 8.13. The van der Waals surface area contributed by atoms with Gasteiger partial charge in [0.15, 0.2) is 11.6 Å². The smallest absolute Gasteiger partial charge is 0.163 e. The fraction of sp³-hybridized carbons (Fsp3) is 0.571. The standard InChI is InChI=1S/C14H21F2N/c1-4-10(5-2)9-13(17-3)11-7-6-8-12(15)14(11)16/h6-8,10,13,17H,4-5,9H2,1-3H3. The Balaban J connectivity index is 2.89. The monoisotopic (exact) mass is 241 g/mol. The molecular formula is C14H21F2N. The molecule has 0 aliphatic heterocycles. The van der Waals surface area contributed by atoms with E-state index in [2.05, 4.69) is 19.2 Å². The van der Waals surface area contributed by atoms with Crippen molar-refractivity contribution in [2.24, 2.45) is 5.92 Å². The van der Waals surface area contributed by atoms with Gasteiger partial charge >= 0.3 is 0 Å². The van der Waals surface area contributed by atoms with Gasteiger partial charge in [-0.15, -0.1) is 0 Å². The Morgan fingerprint density at radius 1 is 1.18 bits per heavy atom. The average molecular weight is 241 g/mol. The number of hydrogen-bond donors (Lipinski definition) is 1. The summed E-state index contributed by atoms with van der Waals surface area (Å²) in [4.78, 5) is 0. The molecule has 1 aromatic rings. The largest absolute Gasteiger partial charge is 0.313 e. The lowest BCUT2D eigenvalue weighted by Gasteiger charge is -2.22. The van der Waals surface area contributed by atoms with Crippen molar-refractivity contribution in [1.82, 2.24) is 5.32 Å². The zero-order valence-electron chi connectivity index (χ0n) is 10.8. The highest BCUT2D eigenvalue weighted by Crippen LogP contribution is 2.27. The number of benzene rings is 1. The van der Waals surface area contributed by atoms with Crippen LogP contribution in [-0.2, 0) is 0 Å². The van der Waals surface area contributed by atoms with E-state index in [9.17, 15) is 8.78 Å². The van der Waals surface area contributed by atoms with E-state index >= 15 is 0 Å². The SMILES string of the molecule is CCC(CC)CC(NC)c1cccc(F)c1F. The van der Waals surface area contributed by atoms with E-state index in [1.165, 1.54) is 0 Å². The minimum atomic E-state index is -0.771.